The molecule has 1 saturated heterocycles. The zero-order valence-electron chi connectivity index (χ0n) is 13.8. The van der Waals surface area contributed by atoms with Gasteiger partial charge in [0.05, 0.1) is 23.8 Å². The number of aromatic amines is 1. The van der Waals surface area contributed by atoms with Crippen LogP contribution in [-0.4, -0.2) is 48.1 Å². The van der Waals surface area contributed by atoms with Crippen molar-refractivity contribution in [2.24, 2.45) is 0 Å². The monoisotopic (exact) mass is 326 g/mol. The number of likely N-dealkylation sites (tertiary alicyclic amines) is 1. The van der Waals surface area contributed by atoms with Gasteiger partial charge in [0, 0.05) is 19.6 Å². The van der Waals surface area contributed by atoms with Crippen molar-refractivity contribution in [2.75, 3.05) is 13.1 Å². The van der Waals surface area contributed by atoms with Crippen LogP contribution in [0.1, 0.15) is 31.3 Å². The van der Waals surface area contributed by atoms with Crippen molar-refractivity contribution in [2.45, 2.75) is 38.5 Å². The van der Waals surface area contributed by atoms with Crippen molar-refractivity contribution in [1.82, 2.24) is 29.9 Å². The number of aromatic nitrogens is 5. The Bertz CT molecular complexity index is 827. The molecule has 7 heteroatoms. The number of aryl methyl sites for hydroxylation is 1. The molecular weight excluding hydrogens is 304 g/mol. The zero-order chi connectivity index (χ0) is 16.6. The number of fused-ring (bicyclic) bond motifs is 1. The molecule has 0 amide bonds. The minimum Gasteiger partial charge on any atom is -0.382 e. The standard InChI is InChI=1S/C17H22N6O/c1-2-8-23-14-6-4-3-5-13(14)19-16(23)11-22-9-7-17(24,12-22)15-10-18-21-20-15/h3-6,10,24H,2,7-9,11-12H2,1H3,(H,18,20,21). The Morgan fingerprint density at radius 1 is 1.33 bits per heavy atom. The van der Waals surface area contributed by atoms with Crippen LogP contribution in [0.25, 0.3) is 11.0 Å². The number of β-amino-alcohol motifs (C(OH)–C–C–N with tert-alkyl or cyclic N) is 1. The lowest BCUT2D eigenvalue weighted by Gasteiger charge is -2.21. The number of hydrogen-bond donors (Lipinski definition) is 2. The highest BCUT2D eigenvalue weighted by Gasteiger charge is 2.40. The lowest BCUT2D eigenvalue weighted by atomic mass is 10.0. The van der Waals surface area contributed by atoms with Crippen LogP contribution < -0.4 is 0 Å². The first-order valence-corrected chi connectivity index (χ1v) is 8.45. The minimum absolute atomic E-state index is 0.550. The first kappa shape index (κ1) is 15.3. The van der Waals surface area contributed by atoms with Gasteiger partial charge in [-0.2, -0.15) is 15.4 Å². The summed E-state index contributed by atoms with van der Waals surface area (Å²) in [7, 11) is 0. The van der Waals surface area contributed by atoms with Gasteiger partial charge in [0.2, 0.25) is 0 Å². The van der Waals surface area contributed by atoms with E-state index in [4.69, 9.17) is 4.98 Å². The summed E-state index contributed by atoms with van der Waals surface area (Å²) in [5.74, 6) is 1.06. The lowest BCUT2D eigenvalue weighted by molar-refractivity contribution is 0.0405. The predicted octanol–water partition coefficient (Wildman–Crippen LogP) is 1.66. The highest BCUT2D eigenvalue weighted by molar-refractivity contribution is 5.75. The maximum absolute atomic E-state index is 10.8. The summed E-state index contributed by atoms with van der Waals surface area (Å²) < 4.78 is 2.29. The number of hydrogen-bond acceptors (Lipinski definition) is 5. The molecule has 1 unspecified atom stereocenters. The molecule has 7 nitrogen and oxygen atoms in total. The molecule has 3 aromatic rings. The summed E-state index contributed by atoms with van der Waals surface area (Å²) in [4.78, 5) is 7.05. The van der Waals surface area contributed by atoms with Crippen molar-refractivity contribution in [3.05, 3.63) is 42.0 Å². The third-order valence-electron chi connectivity index (χ3n) is 4.76. The van der Waals surface area contributed by atoms with Gasteiger partial charge in [-0.05, 0) is 25.0 Å². The first-order chi connectivity index (χ1) is 11.7. The van der Waals surface area contributed by atoms with Crippen LogP contribution in [0, 0.1) is 0 Å². The van der Waals surface area contributed by atoms with Crippen molar-refractivity contribution in [1.29, 1.82) is 0 Å². The van der Waals surface area contributed by atoms with Gasteiger partial charge in [0.25, 0.3) is 0 Å². The number of para-hydroxylation sites is 2. The average Bonchev–Trinajstić information content (AvgIpc) is 3.29. The predicted molar refractivity (Wildman–Crippen MR) is 90.2 cm³/mol. The van der Waals surface area contributed by atoms with Crippen LogP contribution in [0.3, 0.4) is 0 Å². The first-order valence-electron chi connectivity index (χ1n) is 8.45. The number of rotatable bonds is 5. The third-order valence-corrected chi connectivity index (χ3v) is 4.76. The van der Waals surface area contributed by atoms with E-state index in [0.717, 1.165) is 37.4 Å². The van der Waals surface area contributed by atoms with Gasteiger partial charge in [-0.25, -0.2) is 4.98 Å². The third kappa shape index (κ3) is 2.59. The highest BCUT2D eigenvalue weighted by atomic mass is 16.3. The number of H-pyrrole nitrogens is 1. The molecule has 3 heterocycles. The summed E-state index contributed by atoms with van der Waals surface area (Å²) >= 11 is 0. The highest BCUT2D eigenvalue weighted by Crippen LogP contribution is 2.31. The van der Waals surface area contributed by atoms with E-state index in [2.05, 4.69) is 50.0 Å². The molecule has 1 aromatic carbocycles. The fraction of sp³-hybridized carbons (Fsp3) is 0.471. The molecule has 126 valence electrons. The molecule has 0 bridgehead atoms. The Morgan fingerprint density at radius 2 is 2.21 bits per heavy atom. The maximum Gasteiger partial charge on any atom is 0.124 e. The summed E-state index contributed by atoms with van der Waals surface area (Å²) in [6.45, 7) is 5.23. The van der Waals surface area contributed by atoms with Crippen molar-refractivity contribution in [3.63, 3.8) is 0 Å². The van der Waals surface area contributed by atoms with Crippen LogP contribution in [0.4, 0.5) is 0 Å². The molecule has 0 saturated carbocycles. The topological polar surface area (TPSA) is 82.9 Å². The van der Waals surface area contributed by atoms with E-state index in [1.165, 1.54) is 5.52 Å². The van der Waals surface area contributed by atoms with E-state index < -0.39 is 5.60 Å². The van der Waals surface area contributed by atoms with E-state index in [1.807, 2.05) is 6.07 Å². The van der Waals surface area contributed by atoms with Crippen LogP contribution >= 0.6 is 0 Å². The quantitative estimate of drug-likeness (QED) is 0.745. The maximum atomic E-state index is 10.8. The van der Waals surface area contributed by atoms with E-state index >= 15 is 0 Å². The van der Waals surface area contributed by atoms with Crippen LogP contribution in [0.15, 0.2) is 30.5 Å². The van der Waals surface area contributed by atoms with Crippen molar-refractivity contribution < 1.29 is 5.11 Å². The molecule has 4 rings (SSSR count). The fourth-order valence-electron chi connectivity index (χ4n) is 3.56. The Kier molecular flexibility index (Phi) is 3.82. The molecule has 1 atom stereocenters. The lowest BCUT2D eigenvalue weighted by Crippen LogP contribution is -2.31. The Labute approximate surface area is 140 Å². The molecule has 24 heavy (non-hydrogen) atoms. The Balaban J connectivity index is 1.58. The summed E-state index contributed by atoms with van der Waals surface area (Å²) in [6, 6.07) is 8.26. The normalized spacial score (nSPS) is 21.8. The number of imidazole rings is 1. The van der Waals surface area contributed by atoms with Crippen molar-refractivity contribution in [3.8, 4) is 0 Å². The van der Waals surface area contributed by atoms with E-state index in [0.29, 0.717) is 18.7 Å². The number of benzene rings is 1. The minimum atomic E-state index is -0.922. The second kappa shape index (κ2) is 5.99. The van der Waals surface area contributed by atoms with E-state index in [1.54, 1.807) is 6.20 Å². The second-order valence-corrected chi connectivity index (χ2v) is 6.52. The average molecular weight is 326 g/mol. The van der Waals surface area contributed by atoms with Crippen LogP contribution in [-0.2, 0) is 18.7 Å². The molecule has 1 aliphatic rings. The van der Waals surface area contributed by atoms with E-state index in [-0.39, 0.29) is 0 Å². The Morgan fingerprint density at radius 3 is 3.00 bits per heavy atom. The van der Waals surface area contributed by atoms with Gasteiger partial charge in [-0.15, -0.1) is 0 Å². The molecule has 0 radical (unpaired) electrons. The van der Waals surface area contributed by atoms with Gasteiger partial charge in [0.1, 0.15) is 17.1 Å². The van der Waals surface area contributed by atoms with Crippen LogP contribution in [0.2, 0.25) is 0 Å². The van der Waals surface area contributed by atoms with Gasteiger partial charge in [-0.3, -0.25) is 4.90 Å². The van der Waals surface area contributed by atoms with E-state index in [9.17, 15) is 5.11 Å². The smallest absolute Gasteiger partial charge is 0.124 e. The van der Waals surface area contributed by atoms with Crippen LogP contribution in [0.5, 0.6) is 0 Å². The summed E-state index contributed by atoms with van der Waals surface area (Å²) in [5, 5.41) is 21.3. The number of nitrogens with one attached hydrogen (secondary N) is 1. The molecule has 1 aliphatic heterocycles. The Hall–Kier alpha value is -2.25. The SMILES string of the molecule is CCCn1c(CN2CCC(O)(c3cn[nH]n3)C2)nc2ccccc21. The fourth-order valence-corrected chi connectivity index (χ4v) is 3.56. The zero-order valence-corrected chi connectivity index (χ0v) is 13.8. The number of nitrogens with zero attached hydrogens (tertiary/aromatic N) is 5. The summed E-state index contributed by atoms with van der Waals surface area (Å²) in [6.07, 6.45) is 3.33. The second-order valence-electron chi connectivity index (χ2n) is 6.52. The van der Waals surface area contributed by atoms with Crippen molar-refractivity contribution >= 4 is 11.0 Å². The number of aliphatic hydroxyl groups is 1. The van der Waals surface area contributed by atoms with Gasteiger partial charge in [-0.1, -0.05) is 19.1 Å². The largest absolute Gasteiger partial charge is 0.382 e. The van der Waals surface area contributed by atoms with Gasteiger partial charge >= 0.3 is 0 Å². The van der Waals surface area contributed by atoms with Gasteiger partial charge < -0.3 is 9.67 Å². The molecule has 1 fully saturated rings. The molecule has 0 aliphatic carbocycles. The van der Waals surface area contributed by atoms with Gasteiger partial charge in [0.15, 0.2) is 0 Å². The molecule has 2 N–H and O–H groups in total. The molecule has 0 spiro atoms. The molecular formula is C17H22N6O. The molecule has 2 aromatic heterocycles. The summed E-state index contributed by atoms with van der Waals surface area (Å²) in [5.41, 5.74) is 1.91.